The Bertz CT molecular complexity index is 1380. The van der Waals surface area contributed by atoms with Gasteiger partial charge in [-0.1, -0.05) is 73.1 Å². The molecule has 1 fully saturated rings. The van der Waals surface area contributed by atoms with Crippen molar-refractivity contribution in [1.29, 1.82) is 0 Å². The summed E-state index contributed by atoms with van der Waals surface area (Å²) in [4.78, 5) is 19.2. The third-order valence-electron chi connectivity index (χ3n) is 7.35. The van der Waals surface area contributed by atoms with Gasteiger partial charge in [-0.05, 0) is 42.5 Å². The summed E-state index contributed by atoms with van der Waals surface area (Å²) in [6, 6.07) is 16.3. The molecule has 1 N–H and O–H groups in total. The minimum atomic E-state index is -0.931. The molecule has 0 atom stereocenters. The zero-order valence-electron chi connectivity index (χ0n) is 19.6. The molecule has 1 aliphatic heterocycles. The van der Waals surface area contributed by atoms with Crippen LogP contribution < -0.4 is 0 Å². The Hall–Kier alpha value is -3.29. The average molecular weight is 485 g/mol. The molecule has 4 aromatic rings. The monoisotopic (exact) mass is 484 g/mol. The molecular weight excluding hydrogens is 456 g/mol. The Kier molecular flexibility index (Phi) is 5.96. The highest BCUT2D eigenvalue weighted by molar-refractivity contribution is 7.19. The van der Waals surface area contributed by atoms with Crippen LogP contribution in [0.25, 0.3) is 32.4 Å². The van der Waals surface area contributed by atoms with Crippen molar-refractivity contribution in [3.63, 3.8) is 0 Å². The topological polar surface area (TPSA) is 70.7 Å². The minimum Gasteiger partial charge on any atom is -0.478 e. The van der Waals surface area contributed by atoms with E-state index in [-0.39, 0.29) is 5.56 Å². The Morgan fingerprint density at radius 3 is 2.34 bits per heavy atom. The van der Waals surface area contributed by atoms with E-state index in [9.17, 15) is 4.79 Å². The van der Waals surface area contributed by atoms with Crippen molar-refractivity contribution in [2.45, 2.75) is 44.6 Å². The maximum absolute atomic E-state index is 11.1. The average Bonchev–Trinajstić information content (AvgIpc) is 3.51. The molecule has 0 amide bonds. The van der Waals surface area contributed by atoms with Crippen molar-refractivity contribution in [2.75, 3.05) is 13.1 Å². The Labute approximate surface area is 208 Å². The van der Waals surface area contributed by atoms with Gasteiger partial charge in [0.25, 0.3) is 0 Å². The van der Waals surface area contributed by atoms with Gasteiger partial charge in [0.15, 0.2) is 0 Å². The van der Waals surface area contributed by atoms with Crippen LogP contribution in [0.3, 0.4) is 0 Å². The van der Waals surface area contributed by atoms with Gasteiger partial charge in [-0.2, -0.15) is 5.10 Å². The number of hydrogen-bond donors (Lipinski definition) is 1. The summed E-state index contributed by atoms with van der Waals surface area (Å²) in [6.07, 6.45) is 12.2. The number of hydrogen-bond acceptors (Lipinski definition) is 5. The van der Waals surface area contributed by atoms with Crippen molar-refractivity contribution in [2.24, 2.45) is 0 Å². The molecule has 0 unspecified atom stereocenters. The second-order valence-corrected chi connectivity index (χ2v) is 10.4. The second kappa shape index (κ2) is 9.40. The van der Waals surface area contributed by atoms with Crippen LogP contribution in [0.4, 0.5) is 0 Å². The van der Waals surface area contributed by atoms with Crippen molar-refractivity contribution in [1.82, 2.24) is 19.5 Å². The van der Waals surface area contributed by atoms with Crippen molar-refractivity contribution in [3.8, 4) is 21.8 Å². The van der Waals surface area contributed by atoms with E-state index < -0.39 is 5.97 Å². The van der Waals surface area contributed by atoms with E-state index in [2.05, 4.69) is 40.2 Å². The highest BCUT2D eigenvalue weighted by Crippen LogP contribution is 2.32. The lowest BCUT2D eigenvalue weighted by atomic mass is 9.92. The molecule has 0 spiro atoms. The van der Waals surface area contributed by atoms with Gasteiger partial charge >= 0.3 is 5.97 Å². The Morgan fingerprint density at radius 2 is 1.66 bits per heavy atom. The van der Waals surface area contributed by atoms with Crippen molar-refractivity contribution >= 4 is 27.8 Å². The maximum Gasteiger partial charge on any atom is 0.335 e. The number of aromatic nitrogens is 3. The van der Waals surface area contributed by atoms with Gasteiger partial charge in [0, 0.05) is 30.3 Å². The van der Waals surface area contributed by atoms with Gasteiger partial charge in [0.05, 0.1) is 17.5 Å². The fraction of sp³-hybridized carbons (Fsp3) is 0.321. The van der Waals surface area contributed by atoms with Gasteiger partial charge in [-0.25, -0.2) is 14.3 Å². The van der Waals surface area contributed by atoms with Crippen LogP contribution in [0.5, 0.6) is 0 Å². The smallest absolute Gasteiger partial charge is 0.335 e. The molecule has 3 heterocycles. The molecule has 178 valence electrons. The van der Waals surface area contributed by atoms with Crippen LogP contribution in [-0.2, 0) is 0 Å². The van der Waals surface area contributed by atoms with Crippen LogP contribution in [0.15, 0.2) is 60.8 Å². The van der Waals surface area contributed by atoms with E-state index in [1.54, 1.807) is 41.8 Å². The molecule has 6 rings (SSSR count). The molecule has 0 radical (unpaired) electrons. The number of fused-ring (bicyclic) bond motifs is 1. The highest BCUT2D eigenvalue weighted by atomic mass is 32.1. The molecule has 7 heteroatoms. The summed E-state index contributed by atoms with van der Waals surface area (Å²) in [7, 11) is 0. The molecule has 1 saturated carbocycles. The summed E-state index contributed by atoms with van der Waals surface area (Å²) in [6.45, 7) is 2.24. The SMILES string of the molecule is O=C(O)c1ccc(-c2cnc3sc(-c4ccc(C5=CCN(C6CCCCC6)CC5)cc4)nn23)cc1. The van der Waals surface area contributed by atoms with Gasteiger partial charge in [-0.3, -0.25) is 4.90 Å². The predicted octanol–water partition coefficient (Wildman–Crippen LogP) is 6.24. The van der Waals surface area contributed by atoms with E-state index in [0.29, 0.717) is 0 Å². The van der Waals surface area contributed by atoms with Crippen molar-refractivity contribution < 1.29 is 9.90 Å². The molecule has 2 aromatic carbocycles. The first-order valence-electron chi connectivity index (χ1n) is 12.4. The number of benzene rings is 2. The number of imidazole rings is 1. The summed E-state index contributed by atoms with van der Waals surface area (Å²) >= 11 is 1.56. The number of nitrogens with zero attached hydrogens (tertiary/aromatic N) is 4. The largest absolute Gasteiger partial charge is 0.478 e. The van der Waals surface area contributed by atoms with Crippen LogP contribution in [0, 0.1) is 0 Å². The molecule has 2 aromatic heterocycles. The number of carboxylic acids is 1. The van der Waals surface area contributed by atoms with Gasteiger partial charge in [-0.15, -0.1) is 0 Å². The molecule has 0 bridgehead atoms. The molecule has 35 heavy (non-hydrogen) atoms. The van der Waals surface area contributed by atoms with Crippen LogP contribution in [-0.4, -0.2) is 49.7 Å². The van der Waals surface area contributed by atoms with Gasteiger partial charge < -0.3 is 5.11 Å². The fourth-order valence-corrected chi connectivity index (χ4v) is 6.22. The summed E-state index contributed by atoms with van der Waals surface area (Å²) in [5.41, 5.74) is 5.84. The van der Waals surface area contributed by atoms with E-state index in [1.165, 1.54) is 43.2 Å². The van der Waals surface area contributed by atoms with Crippen molar-refractivity contribution in [3.05, 3.63) is 71.9 Å². The Balaban J connectivity index is 1.19. The molecular formula is C28H28N4O2S. The van der Waals surface area contributed by atoms with E-state index in [4.69, 9.17) is 10.2 Å². The predicted molar refractivity (Wildman–Crippen MR) is 140 cm³/mol. The normalized spacial score (nSPS) is 17.5. The fourth-order valence-electron chi connectivity index (χ4n) is 5.34. The number of carboxylic acid groups (broad SMARTS) is 1. The second-order valence-electron chi connectivity index (χ2n) is 9.47. The standard InChI is InChI=1S/C28H28N4O2S/c33-27(34)23-12-8-21(9-13-23)25-18-29-28-32(25)30-26(35-28)22-10-6-19(7-11-22)20-14-16-31(17-15-20)24-4-2-1-3-5-24/h6-14,18,24H,1-5,15-17H2,(H,33,34). The molecule has 1 aliphatic carbocycles. The lowest BCUT2D eigenvalue weighted by Gasteiger charge is -2.36. The lowest BCUT2D eigenvalue weighted by Crippen LogP contribution is -2.39. The number of rotatable bonds is 5. The molecule has 6 nitrogen and oxygen atoms in total. The Morgan fingerprint density at radius 1 is 0.943 bits per heavy atom. The summed E-state index contributed by atoms with van der Waals surface area (Å²) in [5, 5.41) is 14.9. The summed E-state index contributed by atoms with van der Waals surface area (Å²) < 4.78 is 1.84. The van der Waals surface area contributed by atoms with Gasteiger partial charge in [0.2, 0.25) is 4.96 Å². The van der Waals surface area contributed by atoms with Crippen LogP contribution >= 0.6 is 11.3 Å². The third kappa shape index (κ3) is 4.42. The van der Waals surface area contributed by atoms with E-state index in [1.807, 2.05) is 4.52 Å². The lowest BCUT2D eigenvalue weighted by molar-refractivity contribution is 0.0697. The molecule has 2 aliphatic rings. The minimum absolute atomic E-state index is 0.267. The van der Waals surface area contributed by atoms with Gasteiger partial charge in [0.1, 0.15) is 5.01 Å². The van der Waals surface area contributed by atoms with E-state index >= 15 is 0 Å². The summed E-state index contributed by atoms with van der Waals surface area (Å²) in [5.74, 6) is -0.931. The van der Waals surface area contributed by atoms with Crippen LogP contribution in [0.2, 0.25) is 0 Å². The van der Waals surface area contributed by atoms with E-state index in [0.717, 1.165) is 52.3 Å². The maximum atomic E-state index is 11.1. The zero-order chi connectivity index (χ0) is 23.8. The first kappa shape index (κ1) is 22.2. The number of carbonyl (C=O) groups is 1. The first-order chi connectivity index (χ1) is 17.2. The van der Waals surface area contributed by atoms with Crippen LogP contribution in [0.1, 0.15) is 54.4 Å². The quantitative estimate of drug-likeness (QED) is 0.363. The first-order valence-corrected chi connectivity index (χ1v) is 13.2. The number of aromatic carboxylic acids is 1. The highest BCUT2D eigenvalue weighted by Gasteiger charge is 2.23. The third-order valence-corrected chi connectivity index (χ3v) is 8.32. The zero-order valence-corrected chi connectivity index (χ0v) is 20.4. The molecule has 0 saturated heterocycles.